The minimum Gasteiger partial charge on any atom is -0.480 e. The summed E-state index contributed by atoms with van der Waals surface area (Å²) in [6.45, 7) is 1.92. The molecule has 0 aliphatic carbocycles. The number of aromatic amines is 1. The summed E-state index contributed by atoms with van der Waals surface area (Å²) in [5.41, 5.74) is 0. The molecule has 1 atom stereocenters. The highest BCUT2D eigenvalue weighted by Gasteiger charge is 2.16. The fourth-order valence-corrected chi connectivity index (χ4v) is 1.11. The molecule has 0 saturated heterocycles. The third-order valence-electron chi connectivity index (χ3n) is 1.98. The second-order valence-electron chi connectivity index (χ2n) is 3.16. The van der Waals surface area contributed by atoms with Gasteiger partial charge in [0.2, 0.25) is 0 Å². The molecule has 0 spiro atoms. The molecular weight excluding hydrogens is 212 g/mol. The van der Waals surface area contributed by atoms with Crippen LogP contribution in [-0.4, -0.2) is 33.1 Å². The van der Waals surface area contributed by atoms with Gasteiger partial charge in [0.05, 0.1) is 6.54 Å². The first kappa shape index (κ1) is 12.0. The number of urea groups is 1. The van der Waals surface area contributed by atoms with Gasteiger partial charge in [-0.2, -0.15) is 0 Å². The molecule has 7 nitrogen and oxygen atoms in total. The zero-order chi connectivity index (χ0) is 12.0. The molecule has 0 fully saturated rings. The summed E-state index contributed by atoms with van der Waals surface area (Å²) in [7, 11) is 0. The van der Waals surface area contributed by atoms with E-state index < -0.39 is 18.0 Å². The smallest absolute Gasteiger partial charge is 0.326 e. The SMILES string of the molecule is CCC(NC(=O)NCc1ncc[nH]1)C(=O)O. The second-order valence-corrected chi connectivity index (χ2v) is 3.16. The molecule has 4 N–H and O–H groups in total. The topological polar surface area (TPSA) is 107 Å². The van der Waals surface area contributed by atoms with Crippen LogP contribution >= 0.6 is 0 Å². The molecule has 1 aromatic rings. The molecule has 0 bridgehead atoms. The van der Waals surface area contributed by atoms with Gasteiger partial charge in [0, 0.05) is 12.4 Å². The van der Waals surface area contributed by atoms with Crippen molar-refractivity contribution in [3.63, 3.8) is 0 Å². The lowest BCUT2D eigenvalue weighted by molar-refractivity contribution is -0.139. The molecule has 1 aromatic heterocycles. The predicted octanol–water partition coefficient (Wildman–Crippen LogP) is 0.0721. The molecule has 0 aliphatic heterocycles. The Morgan fingerprint density at radius 1 is 1.62 bits per heavy atom. The number of carbonyl (C=O) groups excluding carboxylic acids is 1. The van der Waals surface area contributed by atoms with Gasteiger partial charge in [0.25, 0.3) is 0 Å². The number of nitrogens with zero attached hydrogens (tertiary/aromatic N) is 1. The minimum atomic E-state index is -1.05. The van der Waals surface area contributed by atoms with Crippen molar-refractivity contribution >= 4 is 12.0 Å². The molecule has 88 valence electrons. The molecular formula is C9H14N4O3. The molecule has 2 amide bonds. The van der Waals surface area contributed by atoms with Gasteiger partial charge in [0.15, 0.2) is 0 Å². The number of hydrogen-bond donors (Lipinski definition) is 4. The van der Waals surface area contributed by atoms with Crippen molar-refractivity contribution in [1.82, 2.24) is 20.6 Å². The molecule has 0 aliphatic rings. The summed E-state index contributed by atoms with van der Waals surface area (Å²) in [6, 6.07) is -1.39. The van der Waals surface area contributed by atoms with Crippen LogP contribution in [0.25, 0.3) is 0 Å². The lowest BCUT2D eigenvalue weighted by Gasteiger charge is -2.12. The minimum absolute atomic E-state index is 0.231. The van der Waals surface area contributed by atoms with E-state index >= 15 is 0 Å². The van der Waals surface area contributed by atoms with Crippen LogP contribution in [0.3, 0.4) is 0 Å². The van der Waals surface area contributed by atoms with Gasteiger partial charge >= 0.3 is 12.0 Å². The number of aliphatic carboxylic acids is 1. The first-order valence-electron chi connectivity index (χ1n) is 4.89. The third-order valence-corrected chi connectivity index (χ3v) is 1.98. The van der Waals surface area contributed by atoms with E-state index in [1.165, 1.54) is 0 Å². The average Bonchev–Trinajstić information content (AvgIpc) is 2.75. The van der Waals surface area contributed by atoms with Crippen molar-refractivity contribution in [3.8, 4) is 0 Å². The number of carboxylic acids is 1. The fourth-order valence-electron chi connectivity index (χ4n) is 1.11. The second kappa shape index (κ2) is 5.74. The predicted molar refractivity (Wildman–Crippen MR) is 55.7 cm³/mol. The Labute approximate surface area is 92.3 Å². The molecule has 7 heteroatoms. The number of amides is 2. The monoisotopic (exact) mass is 226 g/mol. The first-order chi connectivity index (χ1) is 7.63. The Morgan fingerprint density at radius 3 is 2.88 bits per heavy atom. The van der Waals surface area contributed by atoms with Gasteiger partial charge in [-0.3, -0.25) is 0 Å². The quantitative estimate of drug-likeness (QED) is 0.570. The van der Waals surface area contributed by atoms with Crippen LogP contribution in [0.1, 0.15) is 19.2 Å². The van der Waals surface area contributed by atoms with Crippen molar-refractivity contribution in [2.45, 2.75) is 25.9 Å². The molecule has 1 heterocycles. The Kier molecular flexibility index (Phi) is 4.31. The number of carbonyl (C=O) groups is 2. The van der Waals surface area contributed by atoms with Crippen LogP contribution in [0.5, 0.6) is 0 Å². The summed E-state index contributed by atoms with van der Waals surface area (Å²) in [5.74, 6) is -0.436. The number of rotatable bonds is 5. The Balaban J connectivity index is 2.33. The van der Waals surface area contributed by atoms with E-state index in [2.05, 4.69) is 20.6 Å². The van der Waals surface area contributed by atoms with E-state index in [0.29, 0.717) is 12.2 Å². The van der Waals surface area contributed by atoms with Crippen LogP contribution in [0.2, 0.25) is 0 Å². The maximum Gasteiger partial charge on any atom is 0.326 e. The van der Waals surface area contributed by atoms with Crippen molar-refractivity contribution < 1.29 is 14.7 Å². The van der Waals surface area contributed by atoms with Gasteiger partial charge in [-0.25, -0.2) is 14.6 Å². The molecule has 0 aromatic carbocycles. The van der Waals surface area contributed by atoms with E-state index in [1.807, 2.05) is 0 Å². The van der Waals surface area contributed by atoms with Gasteiger partial charge in [-0.05, 0) is 6.42 Å². The largest absolute Gasteiger partial charge is 0.480 e. The van der Waals surface area contributed by atoms with E-state index in [9.17, 15) is 9.59 Å². The molecule has 1 rings (SSSR count). The van der Waals surface area contributed by atoms with E-state index in [1.54, 1.807) is 19.3 Å². The van der Waals surface area contributed by atoms with Crippen LogP contribution in [0.15, 0.2) is 12.4 Å². The Bertz CT molecular complexity index is 350. The zero-order valence-corrected chi connectivity index (χ0v) is 8.86. The number of carboxylic acid groups (broad SMARTS) is 1. The van der Waals surface area contributed by atoms with Crippen LogP contribution in [-0.2, 0) is 11.3 Å². The zero-order valence-electron chi connectivity index (χ0n) is 8.86. The lowest BCUT2D eigenvalue weighted by Crippen LogP contribution is -2.45. The summed E-state index contributed by atoms with van der Waals surface area (Å²) < 4.78 is 0. The van der Waals surface area contributed by atoms with Crippen LogP contribution in [0.4, 0.5) is 4.79 Å². The van der Waals surface area contributed by atoms with Gasteiger partial charge in [-0.1, -0.05) is 6.92 Å². The Morgan fingerprint density at radius 2 is 2.38 bits per heavy atom. The number of imidazole rings is 1. The third kappa shape index (κ3) is 3.60. The highest BCUT2D eigenvalue weighted by Crippen LogP contribution is 1.91. The molecule has 0 saturated carbocycles. The normalized spacial score (nSPS) is 11.8. The summed E-state index contributed by atoms with van der Waals surface area (Å²) >= 11 is 0. The van der Waals surface area contributed by atoms with Crippen LogP contribution in [0, 0.1) is 0 Å². The Hall–Kier alpha value is -2.05. The van der Waals surface area contributed by atoms with Crippen molar-refractivity contribution in [3.05, 3.63) is 18.2 Å². The number of nitrogens with one attached hydrogen (secondary N) is 3. The lowest BCUT2D eigenvalue weighted by atomic mass is 10.2. The maximum absolute atomic E-state index is 11.3. The molecule has 0 radical (unpaired) electrons. The maximum atomic E-state index is 11.3. The van der Waals surface area contributed by atoms with E-state index in [4.69, 9.17) is 5.11 Å². The fraction of sp³-hybridized carbons (Fsp3) is 0.444. The van der Waals surface area contributed by atoms with Crippen molar-refractivity contribution in [1.29, 1.82) is 0 Å². The molecule has 1 unspecified atom stereocenters. The highest BCUT2D eigenvalue weighted by molar-refractivity contribution is 5.82. The standard InChI is InChI=1S/C9H14N4O3/c1-2-6(8(14)15)13-9(16)12-5-7-10-3-4-11-7/h3-4,6H,2,5H2,1H3,(H,10,11)(H,14,15)(H2,12,13,16). The van der Waals surface area contributed by atoms with Gasteiger partial charge < -0.3 is 20.7 Å². The summed E-state index contributed by atoms with van der Waals surface area (Å²) in [6.07, 6.45) is 3.55. The molecule has 16 heavy (non-hydrogen) atoms. The average molecular weight is 226 g/mol. The van der Waals surface area contributed by atoms with Gasteiger partial charge in [0.1, 0.15) is 11.9 Å². The van der Waals surface area contributed by atoms with Crippen LogP contribution < -0.4 is 10.6 Å². The number of hydrogen-bond acceptors (Lipinski definition) is 3. The number of aromatic nitrogens is 2. The number of H-pyrrole nitrogens is 1. The first-order valence-corrected chi connectivity index (χ1v) is 4.89. The highest BCUT2D eigenvalue weighted by atomic mass is 16.4. The van der Waals surface area contributed by atoms with Gasteiger partial charge in [-0.15, -0.1) is 0 Å². The summed E-state index contributed by atoms with van der Waals surface area (Å²) in [5, 5.41) is 13.5. The van der Waals surface area contributed by atoms with Crippen molar-refractivity contribution in [2.75, 3.05) is 0 Å². The van der Waals surface area contributed by atoms with E-state index in [0.717, 1.165) is 0 Å². The van der Waals surface area contributed by atoms with E-state index in [-0.39, 0.29) is 6.54 Å². The summed E-state index contributed by atoms with van der Waals surface area (Å²) in [4.78, 5) is 28.6. The van der Waals surface area contributed by atoms with Crippen molar-refractivity contribution in [2.24, 2.45) is 0 Å².